The van der Waals surface area contributed by atoms with E-state index in [1.165, 1.54) is 0 Å². The smallest absolute Gasteiger partial charge is 0.381 e. The molecule has 16 heavy (non-hydrogen) atoms. The molecule has 0 saturated carbocycles. The molecule has 0 unspecified atom stereocenters. The number of rotatable bonds is 9. The Labute approximate surface area is 95.5 Å². The summed E-state index contributed by atoms with van der Waals surface area (Å²) >= 11 is 0. The lowest BCUT2D eigenvalue weighted by molar-refractivity contribution is -0.137. The van der Waals surface area contributed by atoms with Crippen LogP contribution in [0.5, 0.6) is 0 Å². The molecule has 0 aliphatic carbocycles. The van der Waals surface area contributed by atoms with Crippen LogP contribution in [0.2, 0.25) is 0 Å². The van der Waals surface area contributed by atoms with E-state index in [4.69, 9.17) is 4.74 Å². The van der Waals surface area contributed by atoms with Crippen LogP contribution in [0.3, 0.4) is 0 Å². The van der Waals surface area contributed by atoms with Crippen molar-refractivity contribution >= 4 is 0 Å². The molecule has 0 saturated heterocycles. The molecule has 0 aliphatic rings. The Bertz CT molecular complexity index is 160. The normalized spacial score (nSPS) is 12.4. The average Bonchev–Trinajstić information content (AvgIpc) is 2.13. The van der Waals surface area contributed by atoms with Crippen LogP contribution >= 0.6 is 0 Å². The van der Waals surface area contributed by atoms with E-state index in [1.54, 1.807) is 0 Å². The van der Waals surface area contributed by atoms with Crippen LogP contribution in [-0.2, 0) is 4.74 Å². The fourth-order valence-corrected chi connectivity index (χ4v) is 1.20. The van der Waals surface area contributed by atoms with Gasteiger partial charge in [-0.2, -0.15) is 13.2 Å². The summed E-state index contributed by atoms with van der Waals surface area (Å²) in [6.45, 7) is 5.85. The number of unbranched alkanes of at least 4 members (excludes halogenated alkanes) is 1. The van der Waals surface area contributed by atoms with Crippen molar-refractivity contribution in [2.24, 2.45) is 0 Å². The van der Waals surface area contributed by atoms with Gasteiger partial charge in [-0.05, 0) is 25.8 Å². The van der Waals surface area contributed by atoms with Gasteiger partial charge < -0.3 is 10.1 Å². The molecule has 0 heterocycles. The van der Waals surface area contributed by atoms with Gasteiger partial charge in [0.1, 0.15) is 0 Å². The van der Waals surface area contributed by atoms with E-state index in [9.17, 15) is 13.2 Å². The highest BCUT2D eigenvalue weighted by molar-refractivity contribution is 4.53. The third-order valence-electron chi connectivity index (χ3n) is 2.02. The lowest BCUT2D eigenvalue weighted by Crippen LogP contribution is -2.23. The lowest BCUT2D eigenvalue weighted by atomic mass is 10.3. The molecule has 1 N–H and O–H groups in total. The predicted molar refractivity (Wildman–Crippen MR) is 58.5 cm³/mol. The molecule has 0 aromatic rings. The molecule has 98 valence electrons. The highest BCUT2D eigenvalue weighted by Gasteiger charge is 2.25. The number of alkyl halides is 3. The standard InChI is InChI=1S/C11H22F3NO/c1-10(2)15-7-3-4-8-16-9-5-6-11(12,13)14/h10,15H,3-9H2,1-2H3. The van der Waals surface area contributed by atoms with Crippen LogP contribution < -0.4 is 5.32 Å². The number of hydrogen-bond acceptors (Lipinski definition) is 2. The van der Waals surface area contributed by atoms with Gasteiger partial charge in [0.15, 0.2) is 0 Å². The average molecular weight is 241 g/mol. The first-order chi connectivity index (χ1) is 7.42. The Morgan fingerprint density at radius 2 is 1.69 bits per heavy atom. The number of ether oxygens (including phenoxy) is 1. The molecule has 0 bridgehead atoms. The van der Waals surface area contributed by atoms with Crippen molar-refractivity contribution in [3.05, 3.63) is 0 Å². The van der Waals surface area contributed by atoms with E-state index in [0.29, 0.717) is 12.6 Å². The molecule has 0 fully saturated rings. The van der Waals surface area contributed by atoms with Crippen molar-refractivity contribution in [1.82, 2.24) is 5.32 Å². The van der Waals surface area contributed by atoms with Crippen LogP contribution in [0.4, 0.5) is 13.2 Å². The minimum absolute atomic E-state index is 0.0632. The summed E-state index contributed by atoms with van der Waals surface area (Å²) in [7, 11) is 0. The summed E-state index contributed by atoms with van der Waals surface area (Å²) in [5.41, 5.74) is 0. The zero-order valence-electron chi connectivity index (χ0n) is 10.1. The first-order valence-electron chi connectivity index (χ1n) is 5.79. The summed E-state index contributed by atoms with van der Waals surface area (Å²) in [5, 5.41) is 3.26. The molecular formula is C11H22F3NO. The largest absolute Gasteiger partial charge is 0.389 e. The molecule has 0 aromatic heterocycles. The first kappa shape index (κ1) is 15.7. The third-order valence-corrected chi connectivity index (χ3v) is 2.02. The van der Waals surface area contributed by atoms with E-state index in [2.05, 4.69) is 19.2 Å². The number of hydrogen-bond donors (Lipinski definition) is 1. The van der Waals surface area contributed by atoms with E-state index >= 15 is 0 Å². The Morgan fingerprint density at radius 3 is 2.25 bits per heavy atom. The molecule has 0 atom stereocenters. The summed E-state index contributed by atoms with van der Waals surface area (Å²) in [5.74, 6) is 0. The van der Waals surface area contributed by atoms with Crippen molar-refractivity contribution in [2.45, 2.75) is 51.7 Å². The van der Waals surface area contributed by atoms with Crippen LogP contribution in [0.25, 0.3) is 0 Å². The van der Waals surface area contributed by atoms with Gasteiger partial charge in [-0.15, -0.1) is 0 Å². The molecule has 0 radical (unpaired) electrons. The van der Waals surface area contributed by atoms with Gasteiger partial charge in [-0.25, -0.2) is 0 Å². The SMILES string of the molecule is CC(C)NCCCCOCCCC(F)(F)F. The Kier molecular flexibility index (Phi) is 8.66. The zero-order valence-corrected chi connectivity index (χ0v) is 10.1. The molecular weight excluding hydrogens is 219 g/mol. The predicted octanol–water partition coefficient (Wildman–Crippen LogP) is 3.12. The quantitative estimate of drug-likeness (QED) is 0.626. The van der Waals surface area contributed by atoms with Crippen LogP contribution in [0.15, 0.2) is 0 Å². The van der Waals surface area contributed by atoms with Gasteiger partial charge in [-0.3, -0.25) is 0 Å². The Hall–Kier alpha value is -0.290. The van der Waals surface area contributed by atoms with E-state index in [1.807, 2.05) is 0 Å². The summed E-state index contributed by atoms with van der Waals surface area (Å²) in [6.07, 6.45) is -2.84. The van der Waals surface area contributed by atoms with Gasteiger partial charge in [0.05, 0.1) is 0 Å². The van der Waals surface area contributed by atoms with Crippen LogP contribution in [-0.4, -0.2) is 32.0 Å². The lowest BCUT2D eigenvalue weighted by Gasteiger charge is -2.08. The maximum Gasteiger partial charge on any atom is 0.389 e. The molecule has 0 rings (SSSR count). The Morgan fingerprint density at radius 1 is 1.06 bits per heavy atom. The van der Waals surface area contributed by atoms with Crippen molar-refractivity contribution in [1.29, 1.82) is 0 Å². The van der Waals surface area contributed by atoms with E-state index in [-0.39, 0.29) is 13.0 Å². The minimum atomic E-state index is -4.05. The molecule has 0 aromatic carbocycles. The second-order valence-electron chi connectivity index (χ2n) is 4.15. The second kappa shape index (κ2) is 8.82. The maximum atomic E-state index is 11.7. The van der Waals surface area contributed by atoms with Crippen LogP contribution in [0.1, 0.15) is 39.5 Å². The maximum absolute atomic E-state index is 11.7. The van der Waals surface area contributed by atoms with Crippen LogP contribution in [0, 0.1) is 0 Å². The Balaban J connectivity index is 3.05. The van der Waals surface area contributed by atoms with E-state index < -0.39 is 12.6 Å². The van der Waals surface area contributed by atoms with Gasteiger partial charge in [0.25, 0.3) is 0 Å². The molecule has 0 spiro atoms. The highest BCUT2D eigenvalue weighted by Crippen LogP contribution is 2.20. The summed E-state index contributed by atoms with van der Waals surface area (Å²) in [6, 6.07) is 0.479. The summed E-state index contributed by atoms with van der Waals surface area (Å²) in [4.78, 5) is 0. The van der Waals surface area contributed by atoms with E-state index in [0.717, 1.165) is 19.4 Å². The molecule has 5 heteroatoms. The van der Waals surface area contributed by atoms with Crippen molar-refractivity contribution < 1.29 is 17.9 Å². The fraction of sp³-hybridized carbons (Fsp3) is 1.00. The van der Waals surface area contributed by atoms with Gasteiger partial charge >= 0.3 is 6.18 Å². The van der Waals surface area contributed by atoms with Gasteiger partial charge in [0.2, 0.25) is 0 Å². The highest BCUT2D eigenvalue weighted by atomic mass is 19.4. The minimum Gasteiger partial charge on any atom is -0.381 e. The fourth-order valence-electron chi connectivity index (χ4n) is 1.20. The van der Waals surface area contributed by atoms with Gasteiger partial charge in [-0.1, -0.05) is 13.8 Å². The number of halogens is 3. The summed E-state index contributed by atoms with van der Waals surface area (Å²) < 4.78 is 40.3. The molecule has 2 nitrogen and oxygen atoms in total. The molecule has 0 aliphatic heterocycles. The van der Waals surface area contributed by atoms with Crippen molar-refractivity contribution in [2.75, 3.05) is 19.8 Å². The molecule has 0 amide bonds. The topological polar surface area (TPSA) is 21.3 Å². The monoisotopic (exact) mass is 241 g/mol. The first-order valence-corrected chi connectivity index (χ1v) is 5.79. The zero-order chi connectivity index (χ0) is 12.4. The van der Waals surface area contributed by atoms with Gasteiger partial charge in [0, 0.05) is 25.7 Å². The third kappa shape index (κ3) is 13.7. The number of nitrogens with one attached hydrogen (secondary N) is 1. The second-order valence-corrected chi connectivity index (χ2v) is 4.15. The van der Waals surface area contributed by atoms with Crippen molar-refractivity contribution in [3.8, 4) is 0 Å². The van der Waals surface area contributed by atoms with Crippen molar-refractivity contribution in [3.63, 3.8) is 0 Å².